The number of thioether (sulfide) groups is 1. The molecular weight excluding hydrogens is 272 g/mol. The molecule has 4 nitrogen and oxygen atoms in total. The molecule has 0 bridgehead atoms. The van der Waals surface area contributed by atoms with Gasteiger partial charge in [0.25, 0.3) is 5.91 Å². The predicted octanol–water partition coefficient (Wildman–Crippen LogP) is 2.59. The Hall–Kier alpha value is -1.98. The molecule has 2 aromatic carbocycles. The molecule has 0 radical (unpaired) electrons. The second-order valence-electron chi connectivity index (χ2n) is 4.14. The smallest absolute Gasteiger partial charge is 0.265 e. The van der Waals surface area contributed by atoms with Gasteiger partial charge in [0.15, 0.2) is 0 Å². The zero-order chi connectivity index (χ0) is 14.4. The fraction of sp³-hybridized carbons (Fsp3) is 0.133. The average molecular weight is 288 g/mol. The number of nitrogens with two attached hydrogens (primary N) is 1. The van der Waals surface area contributed by atoms with Crippen LogP contribution in [-0.2, 0) is 5.75 Å². The fourth-order valence-electron chi connectivity index (χ4n) is 1.69. The van der Waals surface area contributed by atoms with E-state index < -0.39 is 0 Å². The van der Waals surface area contributed by atoms with Crippen molar-refractivity contribution >= 4 is 17.7 Å². The van der Waals surface area contributed by atoms with Crippen molar-refractivity contribution < 1.29 is 9.53 Å². The molecule has 104 valence electrons. The van der Waals surface area contributed by atoms with Crippen molar-refractivity contribution in [2.45, 2.75) is 10.6 Å². The topological polar surface area (TPSA) is 64.3 Å². The maximum Gasteiger partial charge on any atom is 0.265 e. The minimum Gasteiger partial charge on any atom is -0.497 e. The Bertz CT molecular complexity index is 585. The molecular formula is C15H16N2O2S. The first kappa shape index (κ1) is 14.4. The van der Waals surface area contributed by atoms with Gasteiger partial charge >= 0.3 is 0 Å². The summed E-state index contributed by atoms with van der Waals surface area (Å²) in [6, 6.07) is 15.3. The third-order valence-electron chi connectivity index (χ3n) is 2.79. The molecule has 0 aliphatic heterocycles. The lowest BCUT2D eigenvalue weighted by Gasteiger charge is -2.05. The van der Waals surface area contributed by atoms with Gasteiger partial charge in [0.2, 0.25) is 0 Å². The number of carbonyl (C=O) groups excluding carboxylic acids is 1. The van der Waals surface area contributed by atoms with Crippen molar-refractivity contribution in [1.82, 2.24) is 5.43 Å². The lowest BCUT2D eigenvalue weighted by molar-refractivity contribution is 0.0953. The van der Waals surface area contributed by atoms with Crippen LogP contribution in [-0.4, -0.2) is 13.0 Å². The second kappa shape index (κ2) is 6.98. The van der Waals surface area contributed by atoms with E-state index in [1.54, 1.807) is 31.0 Å². The zero-order valence-corrected chi connectivity index (χ0v) is 11.9. The number of hydrogen-bond donors (Lipinski definition) is 2. The largest absolute Gasteiger partial charge is 0.497 e. The summed E-state index contributed by atoms with van der Waals surface area (Å²) in [5.74, 6) is 6.49. The minimum absolute atomic E-state index is 0.281. The van der Waals surface area contributed by atoms with E-state index in [0.29, 0.717) is 5.56 Å². The first-order chi connectivity index (χ1) is 9.72. The summed E-state index contributed by atoms with van der Waals surface area (Å²) in [5, 5.41) is 0. The SMILES string of the molecule is COc1cccc(SCc2ccc(C(=O)NN)cc2)c1. The van der Waals surface area contributed by atoms with Crippen LogP contribution in [0.15, 0.2) is 53.4 Å². The number of rotatable bonds is 5. The number of carbonyl (C=O) groups is 1. The van der Waals surface area contributed by atoms with E-state index in [1.807, 2.05) is 36.4 Å². The summed E-state index contributed by atoms with van der Waals surface area (Å²) in [7, 11) is 1.66. The van der Waals surface area contributed by atoms with Crippen LogP contribution < -0.4 is 16.0 Å². The number of hydrazine groups is 1. The lowest BCUT2D eigenvalue weighted by Crippen LogP contribution is -2.29. The molecule has 0 fully saturated rings. The van der Waals surface area contributed by atoms with Crippen molar-refractivity contribution in [3.63, 3.8) is 0 Å². The fourth-order valence-corrected chi connectivity index (χ4v) is 2.59. The Balaban J connectivity index is 1.98. The minimum atomic E-state index is -0.281. The van der Waals surface area contributed by atoms with Crippen LogP contribution in [0.25, 0.3) is 0 Å². The van der Waals surface area contributed by atoms with Gasteiger partial charge in [-0.2, -0.15) is 0 Å². The van der Waals surface area contributed by atoms with E-state index in [0.717, 1.165) is 22.0 Å². The highest BCUT2D eigenvalue weighted by Gasteiger charge is 2.03. The summed E-state index contributed by atoms with van der Waals surface area (Å²) >= 11 is 1.72. The van der Waals surface area contributed by atoms with Crippen molar-refractivity contribution in [3.05, 3.63) is 59.7 Å². The van der Waals surface area contributed by atoms with Gasteiger partial charge in [0, 0.05) is 16.2 Å². The van der Waals surface area contributed by atoms with Gasteiger partial charge < -0.3 is 4.74 Å². The van der Waals surface area contributed by atoms with E-state index in [4.69, 9.17) is 10.6 Å². The van der Waals surface area contributed by atoms with Crippen LogP contribution in [0.3, 0.4) is 0 Å². The molecule has 0 unspecified atom stereocenters. The van der Waals surface area contributed by atoms with Crippen molar-refractivity contribution in [1.29, 1.82) is 0 Å². The maximum absolute atomic E-state index is 11.3. The quantitative estimate of drug-likeness (QED) is 0.384. The van der Waals surface area contributed by atoms with Crippen LogP contribution in [0.4, 0.5) is 0 Å². The Kier molecular flexibility index (Phi) is 5.03. The molecule has 0 heterocycles. The van der Waals surface area contributed by atoms with E-state index in [2.05, 4.69) is 5.43 Å². The molecule has 0 saturated carbocycles. The maximum atomic E-state index is 11.3. The molecule has 0 aliphatic rings. The van der Waals surface area contributed by atoms with Crippen LogP contribution in [0.5, 0.6) is 5.75 Å². The number of ether oxygens (including phenoxy) is 1. The number of benzene rings is 2. The molecule has 0 spiro atoms. The van der Waals surface area contributed by atoms with Crippen LogP contribution in [0.2, 0.25) is 0 Å². The van der Waals surface area contributed by atoms with Crippen LogP contribution >= 0.6 is 11.8 Å². The average Bonchev–Trinajstić information content (AvgIpc) is 2.53. The normalized spacial score (nSPS) is 10.1. The number of amides is 1. The van der Waals surface area contributed by atoms with Crippen molar-refractivity contribution in [2.24, 2.45) is 5.84 Å². The number of nitrogens with one attached hydrogen (secondary N) is 1. The molecule has 2 rings (SSSR count). The van der Waals surface area contributed by atoms with Gasteiger partial charge in [-0.05, 0) is 35.9 Å². The molecule has 5 heteroatoms. The van der Waals surface area contributed by atoms with Gasteiger partial charge in [-0.1, -0.05) is 18.2 Å². The third-order valence-corrected chi connectivity index (χ3v) is 3.86. The highest BCUT2D eigenvalue weighted by atomic mass is 32.2. The first-order valence-corrected chi connectivity index (χ1v) is 7.08. The Labute approximate surface area is 122 Å². The molecule has 1 amide bonds. The highest BCUT2D eigenvalue weighted by Crippen LogP contribution is 2.26. The van der Waals surface area contributed by atoms with E-state index in [1.165, 1.54) is 0 Å². The van der Waals surface area contributed by atoms with Crippen molar-refractivity contribution in [3.8, 4) is 5.75 Å². The highest BCUT2D eigenvalue weighted by molar-refractivity contribution is 7.98. The second-order valence-corrected chi connectivity index (χ2v) is 5.19. The van der Waals surface area contributed by atoms with Crippen LogP contribution in [0.1, 0.15) is 15.9 Å². The Morgan fingerprint density at radius 1 is 1.25 bits per heavy atom. The first-order valence-electron chi connectivity index (χ1n) is 6.09. The van der Waals surface area contributed by atoms with E-state index in [-0.39, 0.29) is 5.91 Å². The lowest BCUT2D eigenvalue weighted by atomic mass is 10.1. The van der Waals surface area contributed by atoms with E-state index >= 15 is 0 Å². The Morgan fingerprint density at radius 2 is 2.00 bits per heavy atom. The Morgan fingerprint density at radius 3 is 2.65 bits per heavy atom. The van der Waals surface area contributed by atoms with Crippen LogP contribution in [0, 0.1) is 0 Å². The molecule has 0 atom stereocenters. The number of methoxy groups -OCH3 is 1. The summed E-state index contributed by atoms with van der Waals surface area (Å²) in [6.45, 7) is 0. The standard InChI is InChI=1S/C15H16N2O2S/c1-19-13-3-2-4-14(9-13)20-10-11-5-7-12(8-6-11)15(18)17-16/h2-9H,10,16H2,1H3,(H,17,18). The summed E-state index contributed by atoms with van der Waals surface area (Å²) in [4.78, 5) is 12.5. The van der Waals surface area contributed by atoms with Gasteiger partial charge in [0.05, 0.1) is 7.11 Å². The zero-order valence-electron chi connectivity index (χ0n) is 11.1. The molecule has 0 aromatic heterocycles. The summed E-state index contributed by atoms with van der Waals surface area (Å²) < 4.78 is 5.19. The molecule has 0 aliphatic carbocycles. The molecule has 20 heavy (non-hydrogen) atoms. The predicted molar refractivity (Wildman–Crippen MR) is 80.7 cm³/mol. The van der Waals surface area contributed by atoms with Gasteiger partial charge in [-0.15, -0.1) is 11.8 Å². The molecule has 2 aromatic rings. The van der Waals surface area contributed by atoms with Gasteiger partial charge in [-0.25, -0.2) is 5.84 Å². The molecule has 0 saturated heterocycles. The van der Waals surface area contributed by atoms with E-state index in [9.17, 15) is 4.79 Å². The molecule has 3 N–H and O–H groups in total. The number of hydrogen-bond acceptors (Lipinski definition) is 4. The number of nitrogen functional groups attached to an aromatic ring is 1. The summed E-state index contributed by atoms with van der Waals surface area (Å²) in [6.07, 6.45) is 0. The third kappa shape index (κ3) is 3.76. The monoisotopic (exact) mass is 288 g/mol. The van der Waals surface area contributed by atoms with Gasteiger partial charge in [0.1, 0.15) is 5.75 Å². The van der Waals surface area contributed by atoms with Gasteiger partial charge in [-0.3, -0.25) is 10.2 Å². The summed E-state index contributed by atoms with van der Waals surface area (Å²) in [5.41, 5.74) is 3.82. The van der Waals surface area contributed by atoms with Crippen molar-refractivity contribution in [2.75, 3.05) is 7.11 Å².